The van der Waals surface area contributed by atoms with Gasteiger partial charge in [0, 0.05) is 5.92 Å². The highest BCUT2D eigenvalue weighted by Gasteiger charge is 2.13. The molecule has 0 amide bonds. The summed E-state index contributed by atoms with van der Waals surface area (Å²) in [5.41, 5.74) is 6.96. The molecule has 0 aromatic heterocycles. The Hall–Kier alpha value is -0.820. The average Bonchev–Trinajstić information content (AvgIpc) is 2.29. The summed E-state index contributed by atoms with van der Waals surface area (Å²) in [5.74, 6) is 2.32. The SMILES string of the molecule is CC(C)C[C](CCCCN)c1ccccc1. The maximum Gasteiger partial charge on any atom is 0.00523 e. The van der Waals surface area contributed by atoms with Gasteiger partial charge in [-0.1, -0.05) is 50.6 Å². The van der Waals surface area contributed by atoms with Crippen molar-refractivity contribution in [3.63, 3.8) is 0 Å². The molecule has 89 valence electrons. The summed E-state index contributed by atoms with van der Waals surface area (Å²) in [6.45, 7) is 5.38. The zero-order chi connectivity index (χ0) is 11.8. The molecule has 16 heavy (non-hydrogen) atoms. The normalized spacial score (nSPS) is 11.3. The van der Waals surface area contributed by atoms with Crippen molar-refractivity contribution in [2.75, 3.05) is 6.54 Å². The summed E-state index contributed by atoms with van der Waals surface area (Å²) in [5, 5.41) is 0. The quantitative estimate of drug-likeness (QED) is 0.692. The number of hydrogen-bond acceptors (Lipinski definition) is 1. The van der Waals surface area contributed by atoms with Crippen molar-refractivity contribution in [2.45, 2.75) is 39.5 Å². The zero-order valence-corrected chi connectivity index (χ0v) is 10.6. The van der Waals surface area contributed by atoms with Crippen LogP contribution in [0.1, 0.15) is 45.1 Å². The summed E-state index contributed by atoms with van der Waals surface area (Å²) >= 11 is 0. The van der Waals surface area contributed by atoms with E-state index in [1.807, 2.05) is 0 Å². The Morgan fingerprint density at radius 1 is 1.12 bits per heavy atom. The molecule has 1 aromatic rings. The van der Waals surface area contributed by atoms with Crippen LogP contribution in [0.15, 0.2) is 30.3 Å². The number of rotatable bonds is 7. The molecule has 0 spiro atoms. The van der Waals surface area contributed by atoms with E-state index < -0.39 is 0 Å². The molecule has 1 aromatic carbocycles. The Morgan fingerprint density at radius 3 is 2.38 bits per heavy atom. The van der Waals surface area contributed by atoms with Gasteiger partial charge in [0.25, 0.3) is 0 Å². The highest BCUT2D eigenvalue weighted by Crippen LogP contribution is 2.27. The second kappa shape index (κ2) is 7.45. The van der Waals surface area contributed by atoms with Crippen LogP contribution in [0.25, 0.3) is 0 Å². The van der Waals surface area contributed by atoms with Gasteiger partial charge >= 0.3 is 0 Å². The van der Waals surface area contributed by atoms with Crippen LogP contribution in [0.3, 0.4) is 0 Å². The summed E-state index contributed by atoms with van der Waals surface area (Å²) in [6, 6.07) is 10.8. The molecule has 1 heteroatoms. The molecule has 0 aliphatic rings. The van der Waals surface area contributed by atoms with Crippen LogP contribution in [0.5, 0.6) is 0 Å². The molecule has 0 fully saturated rings. The Kier molecular flexibility index (Phi) is 6.17. The number of unbranched alkanes of at least 4 members (excludes halogenated alkanes) is 1. The molecule has 0 bridgehead atoms. The van der Waals surface area contributed by atoms with Crippen molar-refractivity contribution in [3.05, 3.63) is 41.8 Å². The van der Waals surface area contributed by atoms with Gasteiger partial charge in [-0.2, -0.15) is 0 Å². The number of hydrogen-bond donors (Lipinski definition) is 1. The van der Waals surface area contributed by atoms with Crippen molar-refractivity contribution in [1.29, 1.82) is 0 Å². The number of nitrogens with two attached hydrogens (primary N) is 1. The van der Waals surface area contributed by atoms with E-state index in [0.717, 1.165) is 18.9 Å². The predicted molar refractivity (Wildman–Crippen MR) is 71.1 cm³/mol. The van der Waals surface area contributed by atoms with Gasteiger partial charge < -0.3 is 5.73 Å². The molecular weight excluding hydrogens is 194 g/mol. The highest BCUT2D eigenvalue weighted by molar-refractivity contribution is 5.30. The second-order valence-corrected chi connectivity index (χ2v) is 4.81. The lowest BCUT2D eigenvalue weighted by Crippen LogP contribution is -2.06. The van der Waals surface area contributed by atoms with Crippen LogP contribution >= 0.6 is 0 Å². The van der Waals surface area contributed by atoms with Gasteiger partial charge in [-0.25, -0.2) is 0 Å². The van der Waals surface area contributed by atoms with Gasteiger partial charge in [0.05, 0.1) is 0 Å². The first-order valence-corrected chi connectivity index (χ1v) is 6.34. The smallest absolute Gasteiger partial charge is 0.00523 e. The van der Waals surface area contributed by atoms with E-state index in [9.17, 15) is 0 Å². The summed E-state index contributed by atoms with van der Waals surface area (Å²) < 4.78 is 0. The van der Waals surface area contributed by atoms with E-state index in [2.05, 4.69) is 44.2 Å². The Labute approximate surface area is 100 Å². The summed E-state index contributed by atoms with van der Waals surface area (Å²) in [6.07, 6.45) is 4.75. The van der Waals surface area contributed by atoms with E-state index in [-0.39, 0.29) is 0 Å². The van der Waals surface area contributed by atoms with E-state index in [0.29, 0.717) is 0 Å². The minimum absolute atomic E-state index is 0.730. The zero-order valence-electron chi connectivity index (χ0n) is 10.6. The standard InChI is InChI=1S/C15H24N/c1-13(2)12-15(10-6-7-11-16)14-8-4-3-5-9-14/h3-5,8-9,13H,6-7,10-12,16H2,1-2H3. The molecule has 0 aliphatic carbocycles. The lowest BCUT2D eigenvalue weighted by molar-refractivity contribution is 0.566. The minimum Gasteiger partial charge on any atom is -0.330 e. The molecular formula is C15H24N. The molecule has 0 aliphatic heterocycles. The highest BCUT2D eigenvalue weighted by atomic mass is 14.5. The van der Waals surface area contributed by atoms with Crippen molar-refractivity contribution in [1.82, 2.24) is 0 Å². The monoisotopic (exact) mass is 218 g/mol. The Morgan fingerprint density at radius 2 is 1.81 bits per heavy atom. The molecule has 2 N–H and O–H groups in total. The lowest BCUT2D eigenvalue weighted by Gasteiger charge is -2.18. The van der Waals surface area contributed by atoms with Crippen molar-refractivity contribution in [2.24, 2.45) is 11.7 Å². The molecule has 0 unspecified atom stereocenters. The molecule has 0 heterocycles. The molecule has 1 radical (unpaired) electrons. The van der Waals surface area contributed by atoms with Crippen LogP contribution in [0.2, 0.25) is 0 Å². The summed E-state index contributed by atoms with van der Waals surface area (Å²) in [4.78, 5) is 0. The van der Waals surface area contributed by atoms with E-state index in [1.54, 1.807) is 5.92 Å². The van der Waals surface area contributed by atoms with Crippen LogP contribution in [-0.2, 0) is 0 Å². The second-order valence-electron chi connectivity index (χ2n) is 4.81. The third-order valence-electron chi connectivity index (χ3n) is 2.77. The van der Waals surface area contributed by atoms with Gasteiger partial charge in [0.1, 0.15) is 0 Å². The van der Waals surface area contributed by atoms with E-state index in [4.69, 9.17) is 5.73 Å². The Bertz CT molecular complexity index is 266. The first-order valence-electron chi connectivity index (χ1n) is 6.34. The van der Waals surface area contributed by atoms with Crippen molar-refractivity contribution < 1.29 is 0 Å². The van der Waals surface area contributed by atoms with E-state index >= 15 is 0 Å². The van der Waals surface area contributed by atoms with Gasteiger partial charge in [0.15, 0.2) is 0 Å². The largest absolute Gasteiger partial charge is 0.330 e. The van der Waals surface area contributed by atoms with Crippen LogP contribution in [0.4, 0.5) is 0 Å². The fourth-order valence-electron chi connectivity index (χ4n) is 2.01. The first-order chi connectivity index (χ1) is 7.74. The van der Waals surface area contributed by atoms with Crippen LogP contribution in [0, 0.1) is 11.8 Å². The molecule has 0 saturated carbocycles. The average molecular weight is 218 g/mol. The topological polar surface area (TPSA) is 26.0 Å². The predicted octanol–water partition coefficient (Wildman–Crippen LogP) is 3.78. The lowest BCUT2D eigenvalue weighted by atomic mass is 9.86. The Balaban J connectivity index is 2.56. The number of benzene rings is 1. The molecule has 1 rings (SSSR count). The maximum atomic E-state index is 5.55. The molecule has 0 atom stereocenters. The van der Waals surface area contributed by atoms with Gasteiger partial charge in [-0.05, 0) is 37.3 Å². The van der Waals surface area contributed by atoms with Gasteiger partial charge in [-0.3, -0.25) is 0 Å². The third kappa shape index (κ3) is 4.80. The van der Waals surface area contributed by atoms with Crippen molar-refractivity contribution in [3.8, 4) is 0 Å². The molecule has 1 nitrogen and oxygen atoms in total. The maximum absolute atomic E-state index is 5.55. The third-order valence-corrected chi connectivity index (χ3v) is 2.77. The van der Waals surface area contributed by atoms with Gasteiger partial charge in [-0.15, -0.1) is 0 Å². The first kappa shape index (κ1) is 13.2. The fourth-order valence-corrected chi connectivity index (χ4v) is 2.01. The molecule has 0 saturated heterocycles. The van der Waals surface area contributed by atoms with Gasteiger partial charge in [0.2, 0.25) is 0 Å². The van der Waals surface area contributed by atoms with Crippen molar-refractivity contribution >= 4 is 0 Å². The fraction of sp³-hybridized carbons (Fsp3) is 0.533. The van der Waals surface area contributed by atoms with Crippen LogP contribution in [-0.4, -0.2) is 6.54 Å². The van der Waals surface area contributed by atoms with E-state index in [1.165, 1.54) is 24.8 Å². The minimum atomic E-state index is 0.730. The summed E-state index contributed by atoms with van der Waals surface area (Å²) in [7, 11) is 0. The van der Waals surface area contributed by atoms with Crippen LogP contribution < -0.4 is 5.73 Å².